The Labute approximate surface area is 50.2 Å². The van der Waals surface area contributed by atoms with Crippen LogP contribution in [0.3, 0.4) is 0 Å². The minimum absolute atomic E-state index is 1.16. The van der Waals surface area contributed by atoms with Crippen LogP contribution in [0.5, 0.6) is 0 Å². The summed E-state index contributed by atoms with van der Waals surface area (Å²) in [6.07, 6.45) is 0. The third-order valence-electron chi connectivity index (χ3n) is 0.674. The molecule has 0 fully saturated rings. The van der Waals surface area contributed by atoms with Gasteiger partial charge in [0.15, 0.2) is 0 Å². The molecular weight excluding hydrogens is 175 g/mol. The molecule has 46 valence electrons. The summed E-state index contributed by atoms with van der Waals surface area (Å²) in [5, 5.41) is 7.99. The topological polar surface area (TPSA) is 71.4 Å². The molecule has 0 aromatic heterocycles. The number of hydrogen-bond acceptors (Lipinski definition) is 3. The van der Waals surface area contributed by atoms with Crippen molar-refractivity contribution >= 4 is 20.5 Å². The maximum absolute atomic E-state index is 9.88. The summed E-state index contributed by atoms with van der Waals surface area (Å²) in [5.74, 6) is -1.27. The Bertz CT molecular complexity index is 151. The fraction of sp³-hybridized carbons (Fsp3) is 0.667. The Morgan fingerprint density at radius 3 is 2.00 bits per heavy atom. The molecule has 1 N–H and O–H groups in total. The second-order valence-corrected chi connectivity index (χ2v) is 4.12. The summed E-state index contributed by atoms with van der Waals surface area (Å²) in [6, 6.07) is 0. The van der Waals surface area contributed by atoms with Crippen LogP contribution in [0.4, 0.5) is 0 Å². The summed E-state index contributed by atoms with van der Waals surface area (Å²) in [6.45, 7) is 1.16. The van der Waals surface area contributed by atoms with E-state index in [0.29, 0.717) is 0 Å². The van der Waals surface area contributed by atoms with Gasteiger partial charge < -0.3 is 0 Å². The summed E-state index contributed by atoms with van der Waals surface area (Å²) in [4.78, 5) is 9.78. The Balaban J connectivity index is 4.04. The molecule has 4 nitrogen and oxygen atoms in total. The number of carboxylic acid groups (broad SMARTS) is 1. The molecule has 0 heterocycles. The molecule has 0 aromatic rings. The molecule has 0 aromatic carbocycles. The first-order valence-corrected chi connectivity index (χ1v) is 4.53. The third-order valence-corrected chi connectivity index (χ3v) is 2.46. The van der Waals surface area contributed by atoms with Gasteiger partial charge in [-0.05, 0) is 0 Å². The van der Waals surface area contributed by atoms with E-state index < -0.39 is 25.2 Å². The van der Waals surface area contributed by atoms with Crippen molar-refractivity contribution in [3.05, 3.63) is 0 Å². The fourth-order valence-corrected chi connectivity index (χ4v) is 0.469. The van der Waals surface area contributed by atoms with Gasteiger partial charge in [0.2, 0.25) is 0 Å². The van der Waals surface area contributed by atoms with Crippen LogP contribution in [0.15, 0.2) is 0 Å². The monoisotopic (exact) mass is 180 g/mol. The molecule has 1 unspecified atom stereocenters. The van der Waals surface area contributed by atoms with Gasteiger partial charge in [0.25, 0.3) is 0 Å². The SMILES string of the molecule is CC(C(=O)O)[As](=O)=O. The zero-order valence-corrected chi connectivity index (χ0v) is 6.07. The van der Waals surface area contributed by atoms with Gasteiger partial charge >= 0.3 is 49.5 Å². The zero-order chi connectivity index (χ0) is 6.73. The van der Waals surface area contributed by atoms with Gasteiger partial charge in [0.1, 0.15) is 0 Å². The molecule has 0 aliphatic rings. The molecule has 1 atom stereocenters. The standard InChI is InChI=1S/C3H5AsO4/c1-2(3(5)6)4(7)8/h2H,1H3,(H,5,6). The van der Waals surface area contributed by atoms with E-state index in [1.54, 1.807) is 0 Å². The van der Waals surface area contributed by atoms with E-state index in [-0.39, 0.29) is 0 Å². The number of carbonyl (C=O) groups is 1. The van der Waals surface area contributed by atoms with Gasteiger partial charge in [-0.15, -0.1) is 0 Å². The fourth-order valence-electron chi connectivity index (χ4n) is 0.0902. The second kappa shape index (κ2) is 2.82. The van der Waals surface area contributed by atoms with E-state index in [2.05, 4.69) is 0 Å². The molecule has 0 bridgehead atoms. The average Bonchev–Trinajstić information content (AvgIpc) is 1.64. The van der Waals surface area contributed by atoms with Crippen molar-refractivity contribution in [2.24, 2.45) is 0 Å². The number of rotatable bonds is 2. The number of aliphatic carboxylic acids is 1. The van der Waals surface area contributed by atoms with Gasteiger partial charge in [0, 0.05) is 0 Å². The summed E-state index contributed by atoms with van der Waals surface area (Å²) < 4.78 is 18.6. The second-order valence-electron chi connectivity index (χ2n) is 1.30. The van der Waals surface area contributed by atoms with Crippen LogP contribution in [0.2, 0.25) is 4.71 Å². The van der Waals surface area contributed by atoms with E-state index in [9.17, 15) is 12.3 Å². The molecule has 0 aliphatic heterocycles. The molecule has 0 aliphatic carbocycles. The Hall–Kier alpha value is -0.372. The first-order chi connectivity index (χ1) is 3.55. The van der Waals surface area contributed by atoms with Crippen molar-refractivity contribution in [3.63, 3.8) is 0 Å². The third kappa shape index (κ3) is 2.07. The summed E-state index contributed by atoms with van der Waals surface area (Å²) in [7, 11) is 0. The summed E-state index contributed by atoms with van der Waals surface area (Å²) >= 11 is -3.48. The molecule has 0 amide bonds. The predicted molar refractivity (Wildman–Crippen MR) is 24.2 cm³/mol. The van der Waals surface area contributed by atoms with Crippen LogP contribution >= 0.6 is 0 Å². The molecule has 8 heavy (non-hydrogen) atoms. The van der Waals surface area contributed by atoms with Gasteiger partial charge in [-0.3, -0.25) is 0 Å². The van der Waals surface area contributed by atoms with Crippen LogP contribution < -0.4 is 0 Å². The molecule has 0 radical (unpaired) electrons. The van der Waals surface area contributed by atoms with E-state index >= 15 is 0 Å². The van der Waals surface area contributed by atoms with Crippen molar-refractivity contribution in [2.45, 2.75) is 11.6 Å². The number of hydrogen-bond donors (Lipinski definition) is 1. The van der Waals surface area contributed by atoms with Crippen molar-refractivity contribution in [3.8, 4) is 0 Å². The first kappa shape index (κ1) is 7.63. The maximum atomic E-state index is 9.88. The van der Waals surface area contributed by atoms with Crippen molar-refractivity contribution in [1.82, 2.24) is 0 Å². The minimum atomic E-state index is -3.48. The Morgan fingerprint density at radius 2 is 2.00 bits per heavy atom. The van der Waals surface area contributed by atoms with Crippen molar-refractivity contribution in [1.29, 1.82) is 0 Å². The van der Waals surface area contributed by atoms with Crippen LogP contribution in [-0.4, -0.2) is 25.6 Å². The van der Waals surface area contributed by atoms with Gasteiger partial charge in [-0.1, -0.05) is 0 Å². The van der Waals surface area contributed by atoms with Crippen molar-refractivity contribution < 1.29 is 17.4 Å². The first-order valence-electron chi connectivity index (χ1n) is 1.92. The quantitative estimate of drug-likeness (QED) is 0.597. The van der Waals surface area contributed by atoms with Gasteiger partial charge in [0.05, 0.1) is 0 Å². The van der Waals surface area contributed by atoms with Gasteiger partial charge in [-0.25, -0.2) is 0 Å². The average molecular weight is 180 g/mol. The van der Waals surface area contributed by atoms with Crippen LogP contribution in [-0.2, 0) is 12.3 Å². The van der Waals surface area contributed by atoms with Crippen molar-refractivity contribution in [2.75, 3.05) is 0 Å². The van der Waals surface area contributed by atoms with E-state index in [4.69, 9.17) is 5.11 Å². The Morgan fingerprint density at radius 1 is 1.62 bits per heavy atom. The molecule has 0 rings (SSSR count). The molecule has 0 saturated heterocycles. The Kier molecular flexibility index (Phi) is 2.69. The van der Waals surface area contributed by atoms with Crippen LogP contribution in [0, 0.1) is 0 Å². The van der Waals surface area contributed by atoms with Crippen LogP contribution in [0.1, 0.15) is 6.92 Å². The molecule has 0 saturated carbocycles. The molecule has 5 heteroatoms. The predicted octanol–water partition coefficient (Wildman–Crippen LogP) is -0.190. The summed E-state index contributed by atoms with van der Waals surface area (Å²) in [5.41, 5.74) is 0. The molecule has 0 spiro atoms. The van der Waals surface area contributed by atoms with E-state index in [1.165, 1.54) is 0 Å². The normalized spacial score (nSPS) is 12.6. The zero-order valence-electron chi connectivity index (χ0n) is 4.20. The van der Waals surface area contributed by atoms with E-state index in [0.717, 1.165) is 6.92 Å². The van der Waals surface area contributed by atoms with Gasteiger partial charge in [-0.2, -0.15) is 0 Å². The van der Waals surface area contributed by atoms with E-state index in [1.807, 2.05) is 0 Å². The molecular formula is C3H5AsO4. The van der Waals surface area contributed by atoms with Crippen LogP contribution in [0.25, 0.3) is 0 Å². The number of carboxylic acids is 1.